The first-order chi connectivity index (χ1) is 9.72. The highest BCUT2D eigenvalue weighted by atomic mass is 16.2. The molecule has 1 aliphatic carbocycles. The predicted molar refractivity (Wildman–Crippen MR) is 77.6 cm³/mol. The molecule has 0 aromatic heterocycles. The lowest BCUT2D eigenvalue weighted by atomic mass is 9.85. The molecule has 1 saturated carbocycles. The van der Waals surface area contributed by atoms with Crippen molar-refractivity contribution < 1.29 is 9.59 Å². The molecule has 106 valence electrons. The third kappa shape index (κ3) is 2.76. The normalized spacial score (nSPS) is 19.2. The highest BCUT2D eigenvalue weighted by Crippen LogP contribution is 2.28. The molecule has 20 heavy (non-hydrogen) atoms. The summed E-state index contributed by atoms with van der Waals surface area (Å²) in [5.41, 5.74) is 1.84. The van der Waals surface area contributed by atoms with E-state index in [1.807, 2.05) is 29.2 Å². The van der Waals surface area contributed by atoms with E-state index < -0.39 is 0 Å². The number of anilines is 2. The van der Waals surface area contributed by atoms with Crippen LogP contribution in [-0.2, 0) is 9.59 Å². The van der Waals surface area contributed by atoms with Gasteiger partial charge in [-0.2, -0.15) is 0 Å². The summed E-state index contributed by atoms with van der Waals surface area (Å²) in [7, 11) is 0. The van der Waals surface area contributed by atoms with Crippen LogP contribution in [0, 0.1) is 5.92 Å². The Morgan fingerprint density at radius 1 is 1.25 bits per heavy atom. The summed E-state index contributed by atoms with van der Waals surface area (Å²) in [6.07, 6.45) is 3.17. The Hall–Kier alpha value is -2.04. The van der Waals surface area contributed by atoms with E-state index >= 15 is 0 Å². The van der Waals surface area contributed by atoms with E-state index in [0.29, 0.717) is 13.1 Å². The number of carbonyl (C=O) groups excluding carboxylic acids is 2. The number of hydrogen-bond donors (Lipinski definition) is 2. The zero-order chi connectivity index (χ0) is 13.9. The van der Waals surface area contributed by atoms with Crippen LogP contribution in [0.4, 0.5) is 11.4 Å². The lowest BCUT2D eigenvalue weighted by Crippen LogP contribution is -2.47. The second-order valence-corrected chi connectivity index (χ2v) is 5.44. The van der Waals surface area contributed by atoms with Gasteiger partial charge in [-0.1, -0.05) is 6.42 Å². The molecule has 0 radical (unpaired) electrons. The molecule has 1 aromatic rings. The number of piperazine rings is 1. The molecule has 0 unspecified atom stereocenters. The number of hydrogen-bond acceptors (Lipinski definition) is 3. The van der Waals surface area contributed by atoms with Crippen molar-refractivity contribution >= 4 is 23.2 Å². The Labute approximate surface area is 118 Å². The van der Waals surface area contributed by atoms with Gasteiger partial charge in [0.1, 0.15) is 0 Å². The first-order valence-corrected chi connectivity index (χ1v) is 7.15. The zero-order valence-electron chi connectivity index (χ0n) is 11.4. The fourth-order valence-electron chi connectivity index (χ4n) is 2.53. The third-order valence-corrected chi connectivity index (χ3v) is 4.01. The van der Waals surface area contributed by atoms with Crippen molar-refractivity contribution in [2.75, 3.05) is 29.9 Å². The van der Waals surface area contributed by atoms with Crippen LogP contribution < -0.4 is 15.5 Å². The number of nitrogens with one attached hydrogen (secondary N) is 2. The first-order valence-electron chi connectivity index (χ1n) is 7.15. The van der Waals surface area contributed by atoms with Crippen LogP contribution in [0.2, 0.25) is 0 Å². The molecule has 1 aromatic carbocycles. The summed E-state index contributed by atoms with van der Waals surface area (Å²) in [6.45, 7) is 1.90. The Morgan fingerprint density at radius 2 is 2.00 bits per heavy atom. The van der Waals surface area contributed by atoms with Gasteiger partial charge in [-0.25, -0.2) is 0 Å². The van der Waals surface area contributed by atoms with Gasteiger partial charge >= 0.3 is 0 Å². The summed E-state index contributed by atoms with van der Waals surface area (Å²) in [4.78, 5) is 25.3. The molecule has 2 N–H and O–H groups in total. The molecule has 5 nitrogen and oxygen atoms in total. The van der Waals surface area contributed by atoms with Crippen molar-refractivity contribution in [2.45, 2.75) is 19.3 Å². The minimum Gasteiger partial charge on any atom is -0.360 e. The summed E-state index contributed by atoms with van der Waals surface area (Å²) in [5.74, 6) is 0.375. The van der Waals surface area contributed by atoms with E-state index in [4.69, 9.17) is 0 Å². The number of benzene rings is 1. The van der Waals surface area contributed by atoms with E-state index in [-0.39, 0.29) is 17.7 Å². The second kappa shape index (κ2) is 5.53. The Morgan fingerprint density at radius 3 is 2.60 bits per heavy atom. The van der Waals surface area contributed by atoms with E-state index in [9.17, 15) is 9.59 Å². The third-order valence-electron chi connectivity index (χ3n) is 4.01. The Bertz CT molecular complexity index is 508. The topological polar surface area (TPSA) is 61.4 Å². The quantitative estimate of drug-likeness (QED) is 0.874. The SMILES string of the molecule is O=C1CN(c2ccc(NC(=O)C3CCC3)cc2)CCN1. The number of rotatable bonds is 3. The molecule has 1 heterocycles. The molecule has 2 aliphatic rings. The monoisotopic (exact) mass is 273 g/mol. The Kier molecular flexibility index (Phi) is 3.58. The fourth-order valence-corrected chi connectivity index (χ4v) is 2.53. The van der Waals surface area contributed by atoms with Gasteiger partial charge < -0.3 is 15.5 Å². The van der Waals surface area contributed by atoms with E-state index in [2.05, 4.69) is 10.6 Å². The maximum absolute atomic E-state index is 11.8. The summed E-state index contributed by atoms with van der Waals surface area (Å²) < 4.78 is 0. The van der Waals surface area contributed by atoms with Gasteiger partial charge in [-0.15, -0.1) is 0 Å². The smallest absolute Gasteiger partial charge is 0.239 e. The fraction of sp³-hybridized carbons (Fsp3) is 0.467. The molecular formula is C15H19N3O2. The average molecular weight is 273 g/mol. The lowest BCUT2D eigenvalue weighted by Gasteiger charge is -2.28. The van der Waals surface area contributed by atoms with Crippen LogP contribution in [-0.4, -0.2) is 31.4 Å². The summed E-state index contributed by atoms with van der Waals surface area (Å²) >= 11 is 0. The van der Waals surface area contributed by atoms with Crippen molar-refractivity contribution in [1.82, 2.24) is 5.32 Å². The molecule has 2 fully saturated rings. The first kappa shape index (κ1) is 13.0. The van der Waals surface area contributed by atoms with Gasteiger partial charge in [-0.3, -0.25) is 9.59 Å². The van der Waals surface area contributed by atoms with Crippen LogP contribution in [0.5, 0.6) is 0 Å². The molecule has 5 heteroatoms. The number of nitrogens with zero attached hydrogens (tertiary/aromatic N) is 1. The van der Waals surface area contributed by atoms with E-state index in [0.717, 1.165) is 37.2 Å². The van der Waals surface area contributed by atoms with E-state index in [1.54, 1.807) is 0 Å². The standard InChI is InChI=1S/C15H19N3O2/c19-14-10-18(9-8-16-14)13-6-4-12(5-7-13)17-15(20)11-2-1-3-11/h4-7,11H,1-3,8-10H2,(H,16,19)(H,17,20). The highest BCUT2D eigenvalue weighted by molar-refractivity contribution is 5.93. The van der Waals surface area contributed by atoms with Crippen LogP contribution >= 0.6 is 0 Å². The molecule has 3 rings (SSSR count). The minimum absolute atomic E-state index is 0.0543. The Balaban J connectivity index is 1.61. The van der Waals surface area contributed by atoms with Crippen LogP contribution in [0.1, 0.15) is 19.3 Å². The average Bonchev–Trinajstić information content (AvgIpc) is 2.37. The van der Waals surface area contributed by atoms with E-state index in [1.165, 1.54) is 0 Å². The van der Waals surface area contributed by atoms with Gasteiger partial charge in [0, 0.05) is 30.4 Å². The molecule has 0 atom stereocenters. The van der Waals surface area contributed by atoms with Crippen molar-refractivity contribution in [1.29, 1.82) is 0 Å². The predicted octanol–water partition coefficient (Wildman–Crippen LogP) is 1.36. The zero-order valence-corrected chi connectivity index (χ0v) is 11.4. The van der Waals surface area contributed by atoms with Crippen molar-refractivity contribution in [3.05, 3.63) is 24.3 Å². The molecule has 0 bridgehead atoms. The number of amides is 2. The molecule has 2 amide bonds. The van der Waals surface area contributed by atoms with Crippen LogP contribution in [0.3, 0.4) is 0 Å². The highest BCUT2D eigenvalue weighted by Gasteiger charge is 2.25. The number of carbonyl (C=O) groups is 2. The molecule has 0 spiro atoms. The lowest BCUT2D eigenvalue weighted by molar-refractivity contribution is -0.122. The van der Waals surface area contributed by atoms with Gasteiger partial charge in [-0.05, 0) is 37.1 Å². The van der Waals surface area contributed by atoms with Crippen molar-refractivity contribution in [3.63, 3.8) is 0 Å². The molecular weight excluding hydrogens is 254 g/mol. The van der Waals surface area contributed by atoms with Crippen molar-refractivity contribution in [3.8, 4) is 0 Å². The molecule has 1 aliphatic heterocycles. The van der Waals surface area contributed by atoms with Crippen LogP contribution in [0.15, 0.2) is 24.3 Å². The molecule has 1 saturated heterocycles. The summed E-state index contributed by atoms with van der Waals surface area (Å²) in [5, 5.41) is 5.75. The largest absolute Gasteiger partial charge is 0.360 e. The second-order valence-electron chi connectivity index (χ2n) is 5.44. The van der Waals surface area contributed by atoms with Gasteiger partial charge in [0.2, 0.25) is 11.8 Å². The minimum atomic E-state index is 0.0543. The van der Waals surface area contributed by atoms with Crippen LogP contribution in [0.25, 0.3) is 0 Å². The van der Waals surface area contributed by atoms with Gasteiger partial charge in [0.15, 0.2) is 0 Å². The van der Waals surface area contributed by atoms with Crippen molar-refractivity contribution in [2.24, 2.45) is 5.92 Å². The maximum atomic E-state index is 11.8. The summed E-state index contributed by atoms with van der Waals surface area (Å²) in [6, 6.07) is 7.71. The maximum Gasteiger partial charge on any atom is 0.239 e. The van der Waals surface area contributed by atoms with Gasteiger partial charge in [0.05, 0.1) is 6.54 Å². The van der Waals surface area contributed by atoms with Gasteiger partial charge in [0.25, 0.3) is 0 Å².